The Labute approximate surface area is 149 Å². The minimum absolute atomic E-state index is 0. The summed E-state index contributed by atoms with van der Waals surface area (Å²) in [6, 6.07) is 15.5. The van der Waals surface area contributed by atoms with Crippen molar-refractivity contribution in [1.29, 1.82) is 0 Å². The Morgan fingerprint density at radius 2 is 1.58 bits per heavy atom. The number of aromatic nitrogens is 1. The highest BCUT2D eigenvalue weighted by atomic mass is 16.5. The lowest BCUT2D eigenvalue weighted by atomic mass is 10.1. The Bertz CT molecular complexity index is 907. The minimum atomic E-state index is -1.48. The molecule has 0 spiro atoms. The molecule has 0 bridgehead atoms. The third-order valence-electron chi connectivity index (χ3n) is 3.51. The summed E-state index contributed by atoms with van der Waals surface area (Å²) in [5.41, 5.74) is 0.972. The van der Waals surface area contributed by atoms with Crippen LogP contribution in [0.4, 0.5) is 0 Å². The number of pyridine rings is 1. The number of ether oxygens (including phenoxy) is 2. The van der Waals surface area contributed by atoms with E-state index in [1.54, 1.807) is 18.3 Å². The summed E-state index contributed by atoms with van der Waals surface area (Å²) in [4.78, 5) is 26.2. The molecular formula is C19H17NO6. The maximum Gasteiger partial charge on any atom is 0.377 e. The first-order valence-electron chi connectivity index (χ1n) is 7.61. The monoisotopic (exact) mass is 355 g/mol. The number of fused-ring (bicyclic) bond motifs is 1. The molecule has 0 aliphatic heterocycles. The van der Waals surface area contributed by atoms with Crippen LogP contribution in [-0.4, -0.2) is 40.5 Å². The van der Waals surface area contributed by atoms with Crippen molar-refractivity contribution in [3.63, 3.8) is 0 Å². The quantitative estimate of drug-likeness (QED) is 0.394. The van der Waals surface area contributed by atoms with Gasteiger partial charge in [-0.3, -0.25) is 9.78 Å². The van der Waals surface area contributed by atoms with E-state index in [1.807, 2.05) is 30.3 Å². The second-order valence-corrected chi connectivity index (χ2v) is 5.21. The number of carboxylic acids is 1. The molecule has 0 unspecified atom stereocenters. The van der Waals surface area contributed by atoms with E-state index in [-0.39, 0.29) is 11.0 Å². The van der Waals surface area contributed by atoms with Crippen LogP contribution >= 0.6 is 0 Å². The molecule has 3 rings (SSSR count). The molecule has 0 atom stereocenters. The second kappa shape index (κ2) is 8.59. The van der Waals surface area contributed by atoms with Gasteiger partial charge in [-0.2, -0.15) is 0 Å². The lowest BCUT2D eigenvalue weighted by Crippen LogP contribution is -2.12. The number of hydrogen-bond acceptors (Lipinski definition) is 5. The molecule has 1 heterocycles. The van der Waals surface area contributed by atoms with E-state index in [9.17, 15) is 9.59 Å². The van der Waals surface area contributed by atoms with E-state index in [0.29, 0.717) is 24.7 Å². The fourth-order valence-corrected chi connectivity index (χ4v) is 2.28. The zero-order chi connectivity index (χ0) is 17.6. The molecule has 0 aliphatic rings. The second-order valence-electron chi connectivity index (χ2n) is 5.21. The van der Waals surface area contributed by atoms with E-state index < -0.39 is 11.8 Å². The third-order valence-corrected chi connectivity index (χ3v) is 3.51. The van der Waals surface area contributed by atoms with Crippen LogP contribution in [0.5, 0.6) is 11.5 Å². The van der Waals surface area contributed by atoms with Gasteiger partial charge < -0.3 is 20.1 Å². The molecule has 3 N–H and O–H groups in total. The van der Waals surface area contributed by atoms with Gasteiger partial charge in [0.05, 0.1) is 5.52 Å². The summed E-state index contributed by atoms with van der Waals surface area (Å²) in [6.45, 7) is 0.653. The average Bonchev–Trinajstić information content (AvgIpc) is 2.65. The number of benzene rings is 2. The number of carboxylic acid groups (broad SMARTS) is 1. The van der Waals surface area contributed by atoms with Gasteiger partial charge in [-0.05, 0) is 42.5 Å². The number of rotatable bonds is 7. The van der Waals surface area contributed by atoms with Gasteiger partial charge in [0.15, 0.2) is 0 Å². The minimum Gasteiger partial charge on any atom is -0.490 e. The number of carbonyl (C=O) groups excluding carboxylic acids is 1. The van der Waals surface area contributed by atoms with Gasteiger partial charge in [-0.25, -0.2) is 4.79 Å². The molecule has 7 heteroatoms. The first kappa shape index (κ1) is 18.9. The zero-order valence-corrected chi connectivity index (χ0v) is 13.7. The van der Waals surface area contributed by atoms with Crippen LogP contribution in [0.25, 0.3) is 10.9 Å². The van der Waals surface area contributed by atoms with Crippen molar-refractivity contribution in [2.45, 2.75) is 0 Å². The van der Waals surface area contributed by atoms with Crippen LogP contribution in [0.3, 0.4) is 0 Å². The zero-order valence-electron chi connectivity index (χ0n) is 13.7. The van der Waals surface area contributed by atoms with E-state index >= 15 is 0 Å². The predicted octanol–water partition coefficient (Wildman–Crippen LogP) is 2.14. The summed E-state index contributed by atoms with van der Waals surface area (Å²) in [5, 5.41) is 9.69. The molecular weight excluding hydrogens is 338 g/mol. The number of carbonyl (C=O) groups is 2. The predicted molar refractivity (Wildman–Crippen MR) is 94.8 cm³/mol. The molecule has 2 aromatic carbocycles. The Balaban J connectivity index is 0.00000243. The molecule has 0 fully saturated rings. The molecule has 0 aliphatic carbocycles. The molecule has 0 saturated carbocycles. The van der Waals surface area contributed by atoms with Crippen LogP contribution < -0.4 is 9.47 Å². The van der Waals surface area contributed by atoms with Crippen molar-refractivity contribution in [2.75, 3.05) is 13.2 Å². The number of nitrogens with zero attached hydrogens (tertiary/aromatic N) is 1. The average molecular weight is 355 g/mol. The molecule has 7 nitrogen and oxygen atoms in total. The Kier molecular flexibility index (Phi) is 6.24. The SMILES string of the molecule is O.O=C(O)C(=O)c1ccc(OCCOc2ccc3cccnc3c2)cc1. The Morgan fingerprint density at radius 3 is 2.27 bits per heavy atom. The van der Waals surface area contributed by atoms with Gasteiger partial charge in [0.25, 0.3) is 5.78 Å². The number of ketones is 1. The van der Waals surface area contributed by atoms with Crippen LogP contribution in [0.15, 0.2) is 60.8 Å². The van der Waals surface area contributed by atoms with Crippen molar-refractivity contribution in [3.05, 3.63) is 66.4 Å². The van der Waals surface area contributed by atoms with Gasteiger partial charge in [0, 0.05) is 23.2 Å². The molecule has 134 valence electrons. The van der Waals surface area contributed by atoms with Crippen molar-refractivity contribution >= 4 is 22.7 Å². The van der Waals surface area contributed by atoms with Crippen molar-refractivity contribution in [3.8, 4) is 11.5 Å². The summed E-state index contributed by atoms with van der Waals surface area (Å²) < 4.78 is 11.1. The van der Waals surface area contributed by atoms with E-state index in [0.717, 1.165) is 10.9 Å². The highest BCUT2D eigenvalue weighted by Crippen LogP contribution is 2.19. The van der Waals surface area contributed by atoms with Crippen LogP contribution in [0, 0.1) is 0 Å². The molecule has 26 heavy (non-hydrogen) atoms. The van der Waals surface area contributed by atoms with Gasteiger partial charge in [-0.1, -0.05) is 6.07 Å². The first-order chi connectivity index (χ1) is 12.1. The van der Waals surface area contributed by atoms with E-state index in [4.69, 9.17) is 14.6 Å². The van der Waals surface area contributed by atoms with Gasteiger partial charge >= 0.3 is 5.97 Å². The van der Waals surface area contributed by atoms with Crippen LogP contribution in [0.1, 0.15) is 10.4 Å². The van der Waals surface area contributed by atoms with E-state index in [1.165, 1.54) is 12.1 Å². The highest BCUT2D eigenvalue weighted by Gasteiger charge is 2.13. The highest BCUT2D eigenvalue weighted by molar-refractivity contribution is 6.39. The normalized spacial score (nSPS) is 10.0. The summed E-state index contributed by atoms with van der Waals surface area (Å²) in [5.74, 6) is -1.19. The van der Waals surface area contributed by atoms with Crippen LogP contribution in [-0.2, 0) is 4.79 Å². The largest absolute Gasteiger partial charge is 0.490 e. The van der Waals surface area contributed by atoms with Crippen molar-refractivity contribution in [1.82, 2.24) is 4.98 Å². The fraction of sp³-hybridized carbons (Fsp3) is 0.105. The maximum absolute atomic E-state index is 11.3. The third kappa shape index (κ3) is 4.55. The number of aliphatic carboxylic acids is 1. The molecule has 1 aromatic heterocycles. The smallest absolute Gasteiger partial charge is 0.377 e. The van der Waals surface area contributed by atoms with Gasteiger partial charge in [0.1, 0.15) is 24.7 Å². The molecule has 0 saturated heterocycles. The van der Waals surface area contributed by atoms with E-state index in [2.05, 4.69) is 4.98 Å². The first-order valence-corrected chi connectivity index (χ1v) is 7.61. The lowest BCUT2D eigenvalue weighted by Gasteiger charge is -2.09. The summed E-state index contributed by atoms with van der Waals surface area (Å²) in [7, 11) is 0. The molecule has 0 radical (unpaired) electrons. The van der Waals surface area contributed by atoms with Gasteiger partial charge in [0.2, 0.25) is 0 Å². The number of hydrogen-bond donors (Lipinski definition) is 1. The maximum atomic E-state index is 11.3. The standard InChI is InChI=1S/C19H15NO5.H2O/c21-18(19(22)23)14-4-6-15(7-5-14)24-10-11-25-16-8-3-13-2-1-9-20-17(13)12-16;/h1-9,12H,10-11H2,(H,22,23);1H2. The van der Waals surface area contributed by atoms with Crippen molar-refractivity contribution in [2.24, 2.45) is 0 Å². The fourth-order valence-electron chi connectivity index (χ4n) is 2.28. The Hall–Kier alpha value is -3.45. The van der Waals surface area contributed by atoms with Gasteiger partial charge in [-0.15, -0.1) is 0 Å². The van der Waals surface area contributed by atoms with Crippen molar-refractivity contribution < 1.29 is 29.6 Å². The molecule has 0 amide bonds. The Morgan fingerprint density at radius 1 is 0.923 bits per heavy atom. The summed E-state index contributed by atoms with van der Waals surface area (Å²) in [6.07, 6.45) is 1.73. The van der Waals surface area contributed by atoms with Crippen LogP contribution in [0.2, 0.25) is 0 Å². The summed E-state index contributed by atoms with van der Waals surface area (Å²) >= 11 is 0. The lowest BCUT2D eigenvalue weighted by molar-refractivity contribution is -0.131. The topological polar surface area (TPSA) is 117 Å². The molecule has 3 aromatic rings. The number of Topliss-reactive ketones (excluding diaryl/α,β-unsaturated/α-hetero) is 1.